The van der Waals surface area contributed by atoms with Gasteiger partial charge in [0.1, 0.15) is 0 Å². The van der Waals surface area contributed by atoms with Crippen molar-refractivity contribution < 1.29 is 18.0 Å². The van der Waals surface area contributed by atoms with E-state index in [2.05, 4.69) is 15.6 Å². The topological polar surface area (TPSA) is 54.0 Å². The number of aromatic nitrogens is 1. The zero-order valence-corrected chi connectivity index (χ0v) is 10.6. The lowest BCUT2D eigenvalue weighted by Crippen LogP contribution is -2.38. The van der Waals surface area contributed by atoms with Gasteiger partial charge in [-0.05, 0) is 35.9 Å². The number of hydrogen-bond donors (Lipinski definition) is 2. The van der Waals surface area contributed by atoms with Gasteiger partial charge >= 0.3 is 12.2 Å². The quantitative estimate of drug-likeness (QED) is 0.847. The molecule has 0 bridgehead atoms. The van der Waals surface area contributed by atoms with Crippen LogP contribution < -0.4 is 10.6 Å². The molecule has 2 amide bonds. The molecule has 4 nitrogen and oxygen atoms in total. The van der Waals surface area contributed by atoms with Crippen molar-refractivity contribution in [3.8, 4) is 0 Å². The van der Waals surface area contributed by atoms with Crippen LogP contribution in [0.3, 0.4) is 0 Å². The molecule has 0 saturated heterocycles. The molecule has 1 atom stereocenters. The first-order chi connectivity index (χ1) is 9.95. The van der Waals surface area contributed by atoms with Crippen LogP contribution in [0.5, 0.6) is 0 Å². The first-order valence-electron chi connectivity index (χ1n) is 6.14. The minimum atomic E-state index is -4.43. The van der Waals surface area contributed by atoms with Gasteiger partial charge in [-0.1, -0.05) is 0 Å². The molecule has 7 heteroatoms. The number of carbonyl (C=O) groups excluding carboxylic acids is 1. The van der Waals surface area contributed by atoms with Gasteiger partial charge in [-0.2, -0.15) is 13.2 Å². The van der Waals surface area contributed by atoms with Gasteiger partial charge in [-0.3, -0.25) is 4.98 Å². The molecular formula is C14H10F3N3O. The van der Waals surface area contributed by atoms with Crippen LogP contribution in [0.15, 0.2) is 42.7 Å². The first-order valence-corrected chi connectivity index (χ1v) is 6.14. The molecule has 0 fully saturated rings. The number of rotatable bonds is 1. The fourth-order valence-corrected chi connectivity index (χ4v) is 2.28. The number of nitrogens with zero attached hydrogens (tertiary/aromatic N) is 1. The summed E-state index contributed by atoms with van der Waals surface area (Å²) in [7, 11) is 0. The van der Waals surface area contributed by atoms with Gasteiger partial charge in [0.15, 0.2) is 0 Å². The average molecular weight is 293 g/mol. The minimum Gasteiger partial charge on any atom is -0.327 e. The highest BCUT2D eigenvalue weighted by atomic mass is 19.4. The standard InChI is InChI=1S/C14H10F3N3O/c15-14(16,17)9-1-2-11-10(7-9)12(20-13(21)19-11)8-3-5-18-6-4-8/h1-7,12H,(H2,19,20,21). The first kappa shape index (κ1) is 13.4. The van der Waals surface area contributed by atoms with E-state index in [0.717, 1.165) is 12.1 Å². The molecule has 2 aromatic rings. The average Bonchev–Trinajstić information content (AvgIpc) is 2.46. The van der Waals surface area contributed by atoms with E-state index in [1.807, 2.05) is 0 Å². The summed E-state index contributed by atoms with van der Waals surface area (Å²) in [6.07, 6.45) is -1.38. The lowest BCUT2D eigenvalue weighted by Gasteiger charge is -2.28. The number of anilines is 1. The summed E-state index contributed by atoms with van der Waals surface area (Å²) in [5.41, 5.74) is 0.655. The molecule has 1 unspecified atom stereocenters. The Labute approximate surface area is 118 Å². The summed E-state index contributed by atoms with van der Waals surface area (Å²) in [6.45, 7) is 0. The Morgan fingerprint density at radius 2 is 1.81 bits per heavy atom. The smallest absolute Gasteiger partial charge is 0.327 e. The molecule has 0 radical (unpaired) electrons. The predicted octanol–water partition coefficient (Wildman–Crippen LogP) is 3.32. The number of nitrogens with one attached hydrogen (secondary N) is 2. The van der Waals surface area contributed by atoms with Crippen LogP contribution in [-0.4, -0.2) is 11.0 Å². The molecule has 1 aliphatic rings. The van der Waals surface area contributed by atoms with E-state index in [1.165, 1.54) is 18.5 Å². The molecule has 0 aliphatic carbocycles. The molecule has 1 aromatic heterocycles. The molecule has 21 heavy (non-hydrogen) atoms. The Kier molecular flexibility index (Phi) is 3.04. The number of fused-ring (bicyclic) bond motifs is 1. The van der Waals surface area contributed by atoms with Crippen molar-refractivity contribution >= 4 is 11.7 Å². The Morgan fingerprint density at radius 3 is 2.48 bits per heavy atom. The molecule has 108 valence electrons. The largest absolute Gasteiger partial charge is 0.416 e. The summed E-state index contributed by atoms with van der Waals surface area (Å²) in [5, 5.41) is 5.13. The number of carbonyl (C=O) groups is 1. The van der Waals surface area contributed by atoms with Crippen LogP contribution in [0.1, 0.15) is 22.7 Å². The van der Waals surface area contributed by atoms with E-state index in [9.17, 15) is 18.0 Å². The second kappa shape index (κ2) is 4.76. The molecule has 2 N–H and O–H groups in total. The van der Waals surface area contributed by atoms with Crippen LogP contribution in [-0.2, 0) is 6.18 Å². The Hall–Kier alpha value is -2.57. The number of halogens is 3. The number of amides is 2. The summed E-state index contributed by atoms with van der Waals surface area (Å²) < 4.78 is 38.5. The summed E-state index contributed by atoms with van der Waals surface area (Å²) in [5.74, 6) is 0. The van der Waals surface area contributed by atoms with Gasteiger partial charge < -0.3 is 10.6 Å². The third-order valence-electron chi connectivity index (χ3n) is 3.25. The van der Waals surface area contributed by atoms with Crippen LogP contribution in [0.25, 0.3) is 0 Å². The maximum absolute atomic E-state index is 12.8. The van der Waals surface area contributed by atoms with Crippen molar-refractivity contribution in [3.05, 3.63) is 59.4 Å². The monoisotopic (exact) mass is 293 g/mol. The van der Waals surface area contributed by atoms with E-state index in [1.54, 1.807) is 12.1 Å². The molecular weight excluding hydrogens is 283 g/mol. The van der Waals surface area contributed by atoms with Gasteiger partial charge in [0.05, 0.1) is 11.6 Å². The van der Waals surface area contributed by atoms with Gasteiger partial charge in [0.25, 0.3) is 0 Å². The van der Waals surface area contributed by atoms with Crippen LogP contribution >= 0.6 is 0 Å². The molecule has 2 heterocycles. The lowest BCUT2D eigenvalue weighted by molar-refractivity contribution is -0.137. The van der Waals surface area contributed by atoms with E-state index in [4.69, 9.17) is 0 Å². The molecule has 1 aromatic carbocycles. The highest BCUT2D eigenvalue weighted by Crippen LogP contribution is 2.37. The normalized spacial score (nSPS) is 17.7. The zero-order chi connectivity index (χ0) is 15.0. The van der Waals surface area contributed by atoms with E-state index >= 15 is 0 Å². The van der Waals surface area contributed by atoms with Crippen molar-refractivity contribution in [1.29, 1.82) is 0 Å². The van der Waals surface area contributed by atoms with E-state index in [0.29, 0.717) is 16.8 Å². The van der Waals surface area contributed by atoms with Gasteiger partial charge in [-0.15, -0.1) is 0 Å². The van der Waals surface area contributed by atoms with E-state index < -0.39 is 23.8 Å². The summed E-state index contributed by atoms with van der Waals surface area (Å²) in [6, 6.07) is 5.48. The second-order valence-corrected chi connectivity index (χ2v) is 4.61. The zero-order valence-electron chi connectivity index (χ0n) is 10.6. The predicted molar refractivity (Wildman–Crippen MR) is 69.7 cm³/mol. The number of hydrogen-bond acceptors (Lipinski definition) is 2. The fraction of sp³-hybridized carbons (Fsp3) is 0.143. The fourth-order valence-electron chi connectivity index (χ4n) is 2.28. The van der Waals surface area contributed by atoms with Crippen molar-refractivity contribution in [2.75, 3.05) is 5.32 Å². The van der Waals surface area contributed by atoms with Crippen LogP contribution in [0.4, 0.5) is 23.7 Å². The summed E-state index contributed by atoms with van der Waals surface area (Å²) >= 11 is 0. The molecule has 3 rings (SSSR count). The summed E-state index contributed by atoms with van der Waals surface area (Å²) in [4.78, 5) is 15.5. The number of benzene rings is 1. The third kappa shape index (κ3) is 2.54. The minimum absolute atomic E-state index is 0.369. The maximum atomic E-state index is 12.8. The van der Waals surface area contributed by atoms with E-state index in [-0.39, 0.29) is 0 Å². The van der Waals surface area contributed by atoms with Crippen LogP contribution in [0.2, 0.25) is 0 Å². The Balaban J connectivity index is 2.12. The number of pyridine rings is 1. The Morgan fingerprint density at radius 1 is 1.10 bits per heavy atom. The van der Waals surface area contributed by atoms with Crippen LogP contribution in [0, 0.1) is 0 Å². The molecule has 0 saturated carbocycles. The molecule has 0 spiro atoms. The van der Waals surface area contributed by atoms with Crippen molar-refractivity contribution in [2.24, 2.45) is 0 Å². The number of urea groups is 1. The highest BCUT2D eigenvalue weighted by molar-refractivity contribution is 5.93. The lowest BCUT2D eigenvalue weighted by atomic mass is 9.94. The highest BCUT2D eigenvalue weighted by Gasteiger charge is 2.33. The van der Waals surface area contributed by atoms with Gasteiger partial charge in [0.2, 0.25) is 0 Å². The van der Waals surface area contributed by atoms with Crippen molar-refractivity contribution in [2.45, 2.75) is 12.2 Å². The second-order valence-electron chi connectivity index (χ2n) is 4.61. The molecule has 1 aliphatic heterocycles. The Bertz CT molecular complexity index is 686. The SMILES string of the molecule is O=C1Nc2ccc(C(F)(F)F)cc2C(c2ccncc2)N1. The van der Waals surface area contributed by atoms with Gasteiger partial charge in [0, 0.05) is 23.6 Å². The van der Waals surface area contributed by atoms with Gasteiger partial charge in [-0.25, -0.2) is 4.79 Å². The number of alkyl halides is 3. The van der Waals surface area contributed by atoms with Crippen molar-refractivity contribution in [1.82, 2.24) is 10.3 Å². The van der Waals surface area contributed by atoms with Crippen molar-refractivity contribution in [3.63, 3.8) is 0 Å². The third-order valence-corrected chi connectivity index (χ3v) is 3.25. The maximum Gasteiger partial charge on any atom is 0.416 e.